The van der Waals surface area contributed by atoms with Crippen LogP contribution >= 0.6 is 12.4 Å². The zero-order valence-electron chi connectivity index (χ0n) is 11.0. The van der Waals surface area contributed by atoms with Crippen LogP contribution in [0.4, 0.5) is 0 Å². The number of rotatable bonds is 2. The number of likely N-dealkylation sites (N-methyl/N-ethyl adjacent to an activating group) is 1. The number of nitrogens with zero attached hydrogens (tertiary/aromatic N) is 2. The molecule has 0 aromatic carbocycles. The van der Waals surface area contributed by atoms with E-state index >= 15 is 0 Å². The Morgan fingerprint density at radius 3 is 2.89 bits per heavy atom. The molecule has 0 saturated heterocycles. The Morgan fingerprint density at radius 2 is 2.28 bits per heavy atom. The first-order valence-corrected chi connectivity index (χ1v) is 5.95. The summed E-state index contributed by atoms with van der Waals surface area (Å²) in [7, 11) is 1.40. The van der Waals surface area contributed by atoms with Gasteiger partial charge in [0.1, 0.15) is 0 Å². The molecule has 0 fully saturated rings. The van der Waals surface area contributed by atoms with Crippen molar-refractivity contribution in [2.75, 3.05) is 20.2 Å². The van der Waals surface area contributed by atoms with Crippen LogP contribution < -0.4 is 0 Å². The molecule has 0 atom stereocenters. The van der Waals surface area contributed by atoms with Crippen molar-refractivity contribution < 1.29 is 9.53 Å². The number of carbonyl (C=O) groups is 1. The normalized spacial score (nSPS) is 14.6. The molecule has 0 saturated carbocycles. The van der Waals surface area contributed by atoms with Gasteiger partial charge in [0.15, 0.2) is 0 Å². The van der Waals surface area contributed by atoms with Crippen LogP contribution in [-0.4, -0.2) is 36.1 Å². The minimum Gasteiger partial charge on any atom is -0.465 e. The van der Waals surface area contributed by atoms with E-state index in [0.29, 0.717) is 5.56 Å². The van der Waals surface area contributed by atoms with Crippen molar-refractivity contribution in [3.63, 3.8) is 0 Å². The highest BCUT2D eigenvalue weighted by Crippen LogP contribution is 2.20. The predicted octanol–water partition coefficient (Wildman–Crippen LogP) is 1.98. The molecule has 2 rings (SSSR count). The highest BCUT2D eigenvalue weighted by Gasteiger charge is 2.20. The number of carbonyl (C=O) groups excluding carboxylic acids is 1. The van der Waals surface area contributed by atoms with Gasteiger partial charge >= 0.3 is 5.97 Å². The second kappa shape index (κ2) is 6.16. The summed E-state index contributed by atoms with van der Waals surface area (Å²) in [6.07, 6.45) is 0.964. The average molecular weight is 271 g/mol. The lowest BCUT2D eigenvalue weighted by Crippen LogP contribution is -2.31. The molecule has 1 aliphatic heterocycles. The zero-order valence-corrected chi connectivity index (χ0v) is 11.8. The van der Waals surface area contributed by atoms with Crippen LogP contribution in [0.15, 0.2) is 6.07 Å². The van der Waals surface area contributed by atoms with Gasteiger partial charge in [-0.1, -0.05) is 6.92 Å². The number of aromatic nitrogens is 1. The van der Waals surface area contributed by atoms with Gasteiger partial charge in [-0.3, -0.25) is 9.88 Å². The van der Waals surface area contributed by atoms with Crippen LogP contribution in [0.2, 0.25) is 0 Å². The van der Waals surface area contributed by atoms with Crippen LogP contribution in [-0.2, 0) is 17.7 Å². The Balaban J connectivity index is 0.00000162. The van der Waals surface area contributed by atoms with Crippen molar-refractivity contribution in [3.8, 4) is 0 Å². The minimum absolute atomic E-state index is 0. The molecule has 0 radical (unpaired) electrons. The van der Waals surface area contributed by atoms with E-state index in [1.54, 1.807) is 0 Å². The molecule has 0 spiro atoms. The molecule has 0 unspecified atom stereocenters. The third kappa shape index (κ3) is 2.82. The van der Waals surface area contributed by atoms with Crippen molar-refractivity contribution in [1.82, 2.24) is 9.88 Å². The van der Waals surface area contributed by atoms with Crippen LogP contribution in [0, 0.1) is 6.92 Å². The highest BCUT2D eigenvalue weighted by molar-refractivity contribution is 5.90. The Labute approximate surface area is 114 Å². The third-order valence-electron chi connectivity index (χ3n) is 3.29. The summed E-state index contributed by atoms with van der Waals surface area (Å²) in [6, 6.07) is 1.94. The van der Waals surface area contributed by atoms with Gasteiger partial charge in [-0.25, -0.2) is 4.79 Å². The summed E-state index contributed by atoms with van der Waals surface area (Å²) < 4.78 is 4.77. The number of pyridine rings is 1. The molecule has 1 aliphatic rings. The Kier molecular flexibility index (Phi) is 5.11. The van der Waals surface area contributed by atoms with E-state index in [1.807, 2.05) is 13.0 Å². The molecule has 100 valence electrons. The van der Waals surface area contributed by atoms with Crippen molar-refractivity contribution in [1.29, 1.82) is 0 Å². The van der Waals surface area contributed by atoms with E-state index in [4.69, 9.17) is 4.74 Å². The first-order chi connectivity index (χ1) is 8.15. The van der Waals surface area contributed by atoms with E-state index in [2.05, 4.69) is 16.8 Å². The number of halogens is 1. The van der Waals surface area contributed by atoms with E-state index in [-0.39, 0.29) is 18.4 Å². The van der Waals surface area contributed by atoms with E-state index in [0.717, 1.165) is 43.0 Å². The van der Waals surface area contributed by atoms with Gasteiger partial charge in [0.25, 0.3) is 0 Å². The Morgan fingerprint density at radius 1 is 1.56 bits per heavy atom. The van der Waals surface area contributed by atoms with Crippen molar-refractivity contribution in [2.45, 2.75) is 26.8 Å². The lowest BCUT2D eigenvalue weighted by atomic mass is 10.0. The molecule has 4 nitrogen and oxygen atoms in total. The second-order valence-corrected chi connectivity index (χ2v) is 4.34. The van der Waals surface area contributed by atoms with Gasteiger partial charge in [-0.2, -0.15) is 0 Å². The fourth-order valence-electron chi connectivity index (χ4n) is 2.22. The molecule has 0 amide bonds. The number of hydrogen-bond donors (Lipinski definition) is 0. The van der Waals surface area contributed by atoms with Crippen molar-refractivity contribution >= 4 is 18.4 Å². The van der Waals surface area contributed by atoms with Gasteiger partial charge < -0.3 is 4.74 Å². The summed E-state index contributed by atoms with van der Waals surface area (Å²) in [4.78, 5) is 18.5. The summed E-state index contributed by atoms with van der Waals surface area (Å²) in [5.74, 6) is -0.300. The summed E-state index contributed by atoms with van der Waals surface area (Å²) in [5, 5.41) is 0. The first kappa shape index (κ1) is 14.9. The monoisotopic (exact) mass is 270 g/mol. The van der Waals surface area contributed by atoms with Gasteiger partial charge in [0.2, 0.25) is 0 Å². The largest absolute Gasteiger partial charge is 0.465 e. The summed E-state index contributed by atoms with van der Waals surface area (Å²) in [6.45, 7) is 6.96. The van der Waals surface area contributed by atoms with E-state index < -0.39 is 0 Å². The zero-order chi connectivity index (χ0) is 12.4. The van der Waals surface area contributed by atoms with Crippen LogP contribution in [0.1, 0.15) is 34.2 Å². The molecular formula is C13H19ClN2O2. The number of ether oxygens (including phenoxy) is 1. The average Bonchev–Trinajstić information content (AvgIpc) is 2.36. The summed E-state index contributed by atoms with van der Waals surface area (Å²) >= 11 is 0. The fourth-order valence-corrected chi connectivity index (χ4v) is 2.22. The maximum atomic E-state index is 11.6. The van der Waals surface area contributed by atoms with Crippen LogP contribution in [0.5, 0.6) is 0 Å². The predicted molar refractivity (Wildman–Crippen MR) is 72.2 cm³/mol. The van der Waals surface area contributed by atoms with Gasteiger partial charge in [0, 0.05) is 25.2 Å². The number of esters is 1. The molecule has 1 aromatic rings. The van der Waals surface area contributed by atoms with E-state index in [9.17, 15) is 4.79 Å². The first-order valence-electron chi connectivity index (χ1n) is 5.95. The lowest BCUT2D eigenvalue weighted by Gasteiger charge is -2.27. The van der Waals surface area contributed by atoms with Gasteiger partial charge in [-0.15, -0.1) is 12.4 Å². The van der Waals surface area contributed by atoms with E-state index in [1.165, 1.54) is 7.11 Å². The molecule has 18 heavy (non-hydrogen) atoms. The smallest absolute Gasteiger partial charge is 0.339 e. The number of methoxy groups -OCH3 is 1. The minimum atomic E-state index is -0.300. The molecule has 2 heterocycles. The Bertz CT molecular complexity index is 449. The number of aryl methyl sites for hydroxylation is 1. The maximum absolute atomic E-state index is 11.6. The standard InChI is InChI=1S/C13H18N2O2.ClH/c1-4-15-6-5-12-10(8-15)7-11(9(2)14-12)13(16)17-3;/h7H,4-6,8H2,1-3H3;1H. The van der Waals surface area contributed by atoms with Crippen molar-refractivity contribution in [3.05, 3.63) is 28.6 Å². The van der Waals surface area contributed by atoms with Crippen LogP contribution in [0.25, 0.3) is 0 Å². The summed E-state index contributed by atoms with van der Waals surface area (Å²) in [5.41, 5.74) is 3.63. The topological polar surface area (TPSA) is 42.4 Å². The molecule has 0 bridgehead atoms. The van der Waals surface area contributed by atoms with Crippen LogP contribution in [0.3, 0.4) is 0 Å². The Hall–Kier alpha value is -1.13. The number of fused-ring (bicyclic) bond motifs is 1. The molecule has 5 heteroatoms. The second-order valence-electron chi connectivity index (χ2n) is 4.34. The molecule has 0 aliphatic carbocycles. The fraction of sp³-hybridized carbons (Fsp3) is 0.538. The van der Waals surface area contributed by atoms with Gasteiger partial charge in [-0.05, 0) is 25.1 Å². The highest BCUT2D eigenvalue weighted by atomic mass is 35.5. The lowest BCUT2D eigenvalue weighted by molar-refractivity contribution is 0.0599. The molecular weight excluding hydrogens is 252 g/mol. The molecule has 0 N–H and O–H groups in total. The number of hydrogen-bond acceptors (Lipinski definition) is 4. The SMILES string of the molecule is CCN1CCc2nc(C)c(C(=O)OC)cc2C1.Cl. The van der Waals surface area contributed by atoms with Gasteiger partial charge in [0.05, 0.1) is 18.4 Å². The maximum Gasteiger partial charge on any atom is 0.339 e. The van der Waals surface area contributed by atoms with Crippen molar-refractivity contribution in [2.24, 2.45) is 0 Å². The quantitative estimate of drug-likeness (QED) is 0.771. The third-order valence-corrected chi connectivity index (χ3v) is 3.29. The molecule has 1 aromatic heterocycles.